The summed E-state index contributed by atoms with van der Waals surface area (Å²) in [5, 5.41) is 0. The van der Waals surface area contributed by atoms with Gasteiger partial charge in [-0.05, 0) is 79.2 Å². The van der Waals surface area contributed by atoms with Crippen LogP contribution in [0.5, 0.6) is 11.5 Å². The first-order valence-electron chi connectivity index (χ1n) is 9.72. The van der Waals surface area contributed by atoms with Crippen LogP contribution >= 0.6 is 0 Å². The van der Waals surface area contributed by atoms with Crippen molar-refractivity contribution in [2.75, 3.05) is 19.1 Å². The standard InChI is InChI=1S/C25H26N2O2/c1-17-25(2,3)23-16-20(10-15-24(23)26-17)27(18-6-11-21(28-4)12-7-18)19-8-13-22(29-5)14-9-19/h6-16H,1-5H3. The van der Waals surface area contributed by atoms with Crippen molar-refractivity contribution in [2.24, 2.45) is 4.99 Å². The summed E-state index contributed by atoms with van der Waals surface area (Å²) in [6.07, 6.45) is 0. The van der Waals surface area contributed by atoms with Crippen molar-refractivity contribution < 1.29 is 9.47 Å². The molecule has 4 nitrogen and oxygen atoms in total. The van der Waals surface area contributed by atoms with Gasteiger partial charge in [-0.2, -0.15) is 0 Å². The van der Waals surface area contributed by atoms with E-state index in [9.17, 15) is 0 Å². The smallest absolute Gasteiger partial charge is 0.119 e. The van der Waals surface area contributed by atoms with E-state index in [0.29, 0.717) is 0 Å². The molecule has 0 spiro atoms. The lowest BCUT2D eigenvalue weighted by molar-refractivity contribution is 0.415. The van der Waals surface area contributed by atoms with Crippen LogP contribution in [-0.4, -0.2) is 19.9 Å². The largest absolute Gasteiger partial charge is 0.497 e. The van der Waals surface area contributed by atoms with E-state index in [2.05, 4.69) is 68.1 Å². The molecule has 29 heavy (non-hydrogen) atoms. The average Bonchev–Trinajstić information content (AvgIpc) is 2.98. The number of hydrogen-bond acceptors (Lipinski definition) is 4. The Kier molecular flexibility index (Phi) is 4.79. The van der Waals surface area contributed by atoms with Crippen LogP contribution in [0.2, 0.25) is 0 Å². The fourth-order valence-electron chi connectivity index (χ4n) is 3.69. The first-order chi connectivity index (χ1) is 13.9. The van der Waals surface area contributed by atoms with Gasteiger partial charge in [-0.25, -0.2) is 0 Å². The minimum absolute atomic E-state index is 0.0726. The second-order valence-corrected chi connectivity index (χ2v) is 7.76. The van der Waals surface area contributed by atoms with Gasteiger partial charge in [-0.15, -0.1) is 0 Å². The van der Waals surface area contributed by atoms with Crippen molar-refractivity contribution in [1.82, 2.24) is 0 Å². The van der Waals surface area contributed by atoms with Crippen molar-refractivity contribution >= 4 is 28.5 Å². The van der Waals surface area contributed by atoms with E-state index in [1.807, 2.05) is 24.3 Å². The van der Waals surface area contributed by atoms with Crippen LogP contribution < -0.4 is 14.4 Å². The number of nitrogens with zero attached hydrogens (tertiary/aromatic N) is 2. The molecule has 1 heterocycles. The van der Waals surface area contributed by atoms with Gasteiger partial charge in [0.15, 0.2) is 0 Å². The van der Waals surface area contributed by atoms with Gasteiger partial charge in [-0.3, -0.25) is 4.99 Å². The molecule has 0 saturated heterocycles. The molecule has 0 unspecified atom stereocenters. The molecule has 1 aliphatic rings. The van der Waals surface area contributed by atoms with Crippen molar-refractivity contribution in [3.05, 3.63) is 72.3 Å². The first kappa shape index (κ1) is 19.1. The molecule has 0 fully saturated rings. The maximum absolute atomic E-state index is 5.34. The normalized spacial score (nSPS) is 14.2. The lowest BCUT2D eigenvalue weighted by Crippen LogP contribution is -2.23. The Hall–Kier alpha value is -3.27. The molecule has 0 radical (unpaired) electrons. The Morgan fingerprint density at radius 1 is 0.724 bits per heavy atom. The second kappa shape index (κ2) is 7.28. The molecule has 0 bridgehead atoms. The monoisotopic (exact) mass is 386 g/mol. The fourth-order valence-corrected chi connectivity index (χ4v) is 3.69. The summed E-state index contributed by atoms with van der Waals surface area (Å²) >= 11 is 0. The van der Waals surface area contributed by atoms with Crippen LogP contribution in [-0.2, 0) is 5.41 Å². The molecule has 3 aromatic rings. The summed E-state index contributed by atoms with van der Waals surface area (Å²) in [5.41, 5.74) is 6.59. The molecule has 0 amide bonds. The minimum Gasteiger partial charge on any atom is -0.497 e. The fraction of sp³-hybridized carbons (Fsp3) is 0.240. The van der Waals surface area contributed by atoms with Crippen LogP contribution in [0.15, 0.2) is 71.7 Å². The van der Waals surface area contributed by atoms with Gasteiger partial charge < -0.3 is 14.4 Å². The Morgan fingerprint density at radius 3 is 1.69 bits per heavy atom. The van der Waals surface area contributed by atoms with E-state index in [1.54, 1.807) is 14.2 Å². The van der Waals surface area contributed by atoms with E-state index < -0.39 is 0 Å². The number of rotatable bonds is 5. The third kappa shape index (κ3) is 3.35. The van der Waals surface area contributed by atoms with E-state index in [4.69, 9.17) is 14.5 Å². The quantitative estimate of drug-likeness (QED) is 0.498. The number of anilines is 3. The van der Waals surface area contributed by atoms with Gasteiger partial charge in [-0.1, -0.05) is 13.8 Å². The van der Waals surface area contributed by atoms with Crippen LogP contribution in [0, 0.1) is 0 Å². The molecule has 0 aromatic heterocycles. The Morgan fingerprint density at radius 2 is 1.21 bits per heavy atom. The Labute approximate surface area is 172 Å². The Balaban J connectivity index is 1.83. The predicted octanol–water partition coefficient (Wildman–Crippen LogP) is 6.56. The molecule has 0 atom stereocenters. The van der Waals surface area contributed by atoms with Gasteiger partial charge in [0.25, 0.3) is 0 Å². The van der Waals surface area contributed by atoms with Crippen molar-refractivity contribution in [1.29, 1.82) is 0 Å². The minimum atomic E-state index is -0.0726. The molecule has 4 heteroatoms. The molecule has 148 valence electrons. The molecule has 0 aliphatic carbocycles. The van der Waals surface area contributed by atoms with Gasteiger partial charge in [0.1, 0.15) is 11.5 Å². The van der Waals surface area contributed by atoms with Crippen LogP contribution in [0.3, 0.4) is 0 Å². The predicted molar refractivity (Wildman–Crippen MR) is 120 cm³/mol. The van der Waals surface area contributed by atoms with E-state index >= 15 is 0 Å². The summed E-state index contributed by atoms with van der Waals surface area (Å²) in [4.78, 5) is 7.00. The summed E-state index contributed by atoms with van der Waals surface area (Å²) < 4.78 is 10.7. The second-order valence-electron chi connectivity index (χ2n) is 7.76. The molecule has 4 rings (SSSR count). The van der Waals surface area contributed by atoms with Crippen molar-refractivity contribution in [3.8, 4) is 11.5 Å². The molecular weight excluding hydrogens is 360 g/mol. The van der Waals surface area contributed by atoms with Gasteiger partial charge in [0, 0.05) is 28.2 Å². The highest BCUT2D eigenvalue weighted by Crippen LogP contribution is 2.44. The number of ether oxygens (including phenoxy) is 2. The zero-order valence-electron chi connectivity index (χ0n) is 17.6. The lowest BCUT2D eigenvalue weighted by atomic mass is 9.82. The number of benzene rings is 3. The molecule has 0 saturated carbocycles. The molecule has 1 aliphatic heterocycles. The maximum Gasteiger partial charge on any atom is 0.119 e. The first-order valence-corrected chi connectivity index (χ1v) is 9.72. The third-order valence-corrected chi connectivity index (χ3v) is 5.77. The van der Waals surface area contributed by atoms with E-state index in [0.717, 1.165) is 40.0 Å². The average molecular weight is 386 g/mol. The van der Waals surface area contributed by atoms with Crippen molar-refractivity contribution in [2.45, 2.75) is 26.2 Å². The Bertz CT molecular complexity index is 1000. The molecule has 0 N–H and O–H groups in total. The number of fused-ring (bicyclic) bond motifs is 1. The van der Waals surface area contributed by atoms with Crippen LogP contribution in [0.1, 0.15) is 26.3 Å². The van der Waals surface area contributed by atoms with Crippen LogP contribution in [0.4, 0.5) is 22.7 Å². The number of hydrogen-bond donors (Lipinski definition) is 0. The zero-order chi connectivity index (χ0) is 20.6. The SMILES string of the molecule is COc1ccc(N(c2ccc(OC)cc2)c2ccc3c(c2)C(C)(C)C(C)=N3)cc1. The van der Waals surface area contributed by atoms with E-state index in [1.165, 1.54) is 5.56 Å². The van der Waals surface area contributed by atoms with Crippen molar-refractivity contribution in [3.63, 3.8) is 0 Å². The number of aliphatic imine (C=N–C) groups is 1. The summed E-state index contributed by atoms with van der Waals surface area (Å²) in [6, 6.07) is 22.7. The summed E-state index contributed by atoms with van der Waals surface area (Å²) in [7, 11) is 3.36. The van der Waals surface area contributed by atoms with E-state index in [-0.39, 0.29) is 5.41 Å². The summed E-state index contributed by atoms with van der Waals surface area (Å²) in [6.45, 7) is 6.56. The van der Waals surface area contributed by atoms with Gasteiger partial charge in [0.05, 0.1) is 19.9 Å². The molecular formula is C25H26N2O2. The topological polar surface area (TPSA) is 34.1 Å². The zero-order valence-corrected chi connectivity index (χ0v) is 17.6. The third-order valence-electron chi connectivity index (χ3n) is 5.77. The highest BCUT2D eigenvalue weighted by Gasteiger charge is 2.32. The summed E-state index contributed by atoms with van der Waals surface area (Å²) in [5.74, 6) is 1.67. The molecule has 3 aromatic carbocycles. The van der Waals surface area contributed by atoms with Crippen LogP contribution in [0.25, 0.3) is 0 Å². The van der Waals surface area contributed by atoms with Gasteiger partial charge in [0.2, 0.25) is 0 Å². The maximum atomic E-state index is 5.34. The number of methoxy groups -OCH3 is 2. The van der Waals surface area contributed by atoms with Gasteiger partial charge >= 0.3 is 0 Å². The highest BCUT2D eigenvalue weighted by atomic mass is 16.5. The highest BCUT2D eigenvalue weighted by molar-refractivity contribution is 6.00. The lowest BCUT2D eigenvalue weighted by Gasteiger charge is -2.28.